The van der Waals surface area contributed by atoms with Crippen LogP contribution in [-0.4, -0.2) is 48.3 Å². The van der Waals surface area contributed by atoms with Crippen molar-refractivity contribution in [2.45, 2.75) is 31.9 Å². The van der Waals surface area contributed by atoms with Gasteiger partial charge in [0.05, 0.1) is 29.2 Å². The Hall–Kier alpha value is -2.43. The molecule has 0 spiro atoms. The molecule has 1 saturated heterocycles. The highest BCUT2D eigenvalue weighted by Crippen LogP contribution is 2.41. The van der Waals surface area contributed by atoms with Gasteiger partial charge in [0.15, 0.2) is 0 Å². The number of likely N-dealkylation sites (tertiary alicyclic amines) is 1. The molecule has 1 N–H and O–H groups in total. The zero-order chi connectivity index (χ0) is 25.7. The molecule has 3 aromatic rings. The Balaban J connectivity index is 1.38. The van der Waals surface area contributed by atoms with Crippen molar-refractivity contribution in [1.82, 2.24) is 9.88 Å². The van der Waals surface area contributed by atoms with Gasteiger partial charge in [-0.2, -0.15) is 0 Å². The summed E-state index contributed by atoms with van der Waals surface area (Å²) < 4.78 is 34.1. The van der Waals surface area contributed by atoms with Crippen LogP contribution in [0.1, 0.15) is 43.0 Å². The third-order valence-electron chi connectivity index (χ3n) is 7.02. The molecular weight excluding hydrogens is 505 g/mol. The van der Waals surface area contributed by atoms with Crippen molar-refractivity contribution in [2.24, 2.45) is 5.41 Å². The van der Waals surface area contributed by atoms with E-state index in [1.54, 1.807) is 31.4 Å². The maximum atomic E-state index is 15.6. The van der Waals surface area contributed by atoms with Crippen LogP contribution in [0, 0.1) is 23.1 Å². The zero-order valence-electron chi connectivity index (χ0n) is 20.0. The number of aromatic nitrogens is 1. The van der Waals surface area contributed by atoms with Gasteiger partial charge < -0.3 is 9.84 Å². The second-order valence-electron chi connectivity index (χ2n) is 9.27. The normalized spacial score (nSPS) is 16.4. The Morgan fingerprint density at radius 2 is 1.94 bits per heavy atom. The predicted octanol–water partition coefficient (Wildman–Crippen LogP) is 6.61. The number of methoxy groups -OCH3 is 1. The molecule has 1 aromatic heterocycles. The minimum absolute atomic E-state index is 0.00305. The average Bonchev–Trinajstić information content (AvgIpc) is 2.89. The average molecular weight is 533 g/mol. The van der Waals surface area contributed by atoms with E-state index >= 15 is 4.39 Å². The highest BCUT2D eigenvalue weighted by molar-refractivity contribution is 6.32. The summed E-state index contributed by atoms with van der Waals surface area (Å²) in [6.45, 7) is 2.05. The van der Waals surface area contributed by atoms with Crippen molar-refractivity contribution in [3.8, 4) is 17.6 Å². The number of ether oxygens (including phenoxy) is 1. The number of rotatable bonds is 7. The molecular formula is C28H28Cl2F2N2O2. The lowest BCUT2D eigenvalue weighted by Gasteiger charge is -2.40. The molecule has 0 unspecified atom stereocenters. The Labute approximate surface area is 220 Å². The number of aliphatic hydroxyl groups excluding tert-OH is 1. The maximum Gasteiger partial charge on any atom is 0.127 e. The Kier molecular flexibility index (Phi) is 8.69. The highest BCUT2D eigenvalue weighted by Gasteiger charge is 2.35. The molecule has 190 valence electrons. The topological polar surface area (TPSA) is 45.6 Å². The molecule has 0 bridgehead atoms. The van der Waals surface area contributed by atoms with Gasteiger partial charge in [0.25, 0.3) is 0 Å². The van der Waals surface area contributed by atoms with E-state index in [0.29, 0.717) is 45.8 Å². The molecule has 0 amide bonds. The molecule has 2 aromatic carbocycles. The molecule has 1 fully saturated rings. The van der Waals surface area contributed by atoms with Crippen LogP contribution in [0.4, 0.5) is 8.78 Å². The molecule has 1 atom stereocenters. The van der Waals surface area contributed by atoms with Gasteiger partial charge in [-0.1, -0.05) is 35.0 Å². The van der Waals surface area contributed by atoms with Crippen molar-refractivity contribution in [1.29, 1.82) is 0 Å². The number of pyridine rings is 1. The summed E-state index contributed by atoms with van der Waals surface area (Å²) in [6.07, 6.45) is 2.47. The number of fused-ring (bicyclic) bond motifs is 1. The molecule has 36 heavy (non-hydrogen) atoms. The first kappa shape index (κ1) is 26.6. The van der Waals surface area contributed by atoms with Crippen LogP contribution >= 0.6 is 23.2 Å². The summed E-state index contributed by atoms with van der Waals surface area (Å²) in [7, 11) is 1.56. The van der Waals surface area contributed by atoms with E-state index in [1.807, 2.05) is 0 Å². The first-order valence-corrected chi connectivity index (χ1v) is 12.6. The summed E-state index contributed by atoms with van der Waals surface area (Å²) in [6, 6.07) is 9.49. The van der Waals surface area contributed by atoms with Crippen molar-refractivity contribution in [3.63, 3.8) is 0 Å². The number of aliphatic hydroxyl groups is 1. The predicted molar refractivity (Wildman–Crippen MR) is 140 cm³/mol. The van der Waals surface area contributed by atoms with Gasteiger partial charge in [-0.15, -0.1) is 0 Å². The van der Waals surface area contributed by atoms with Gasteiger partial charge in [-0.25, -0.2) is 8.78 Å². The quantitative estimate of drug-likeness (QED) is 0.348. The van der Waals surface area contributed by atoms with E-state index < -0.39 is 12.0 Å². The third-order valence-corrected chi connectivity index (χ3v) is 7.63. The van der Waals surface area contributed by atoms with E-state index in [-0.39, 0.29) is 23.5 Å². The number of halogens is 4. The zero-order valence-corrected chi connectivity index (χ0v) is 21.5. The molecule has 0 saturated carbocycles. The maximum absolute atomic E-state index is 15.6. The van der Waals surface area contributed by atoms with Gasteiger partial charge in [0.1, 0.15) is 17.7 Å². The summed E-state index contributed by atoms with van der Waals surface area (Å²) in [5.41, 5.74) is 1.32. The first-order valence-electron chi connectivity index (χ1n) is 11.9. The van der Waals surface area contributed by atoms with E-state index in [1.165, 1.54) is 18.3 Å². The lowest BCUT2D eigenvalue weighted by molar-refractivity contribution is 0.0344. The molecule has 4 nitrogen and oxygen atoms in total. The second-order valence-corrected chi connectivity index (χ2v) is 10.1. The van der Waals surface area contributed by atoms with Crippen LogP contribution in [0.25, 0.3) is 10.9 Å². The number of nitrogens with zero attached hydrogens (tertiary/aromatic N) is 2. The molecule has 0 radical (unpaired) electrons. The third kappa shape index (κ3) is 6.10. The molecule has 1 aliphatic heterocycles. The van der Waals surface area contributed by atoms with Crippen LogP contribution < -0.4 is 4.74 Å². The van der Waals surface area contributed by atoms with Gasteiger partial charge in [-0.3, -0.25) is 9.88 Å². The van der Waals surface area contributed by atoms with Crippen LogP contribution in [0.15, 0.2) is 42.6 Å². The SMILES string of the molecule is COc1ccc2ncc(Cl)c([C@@H](F)CCC3(CO)CCN(CC#Cc4ccc(F)cc4Cl)CC3)c2c1. The van der Waals surface area contributed by atoms with Gasteiger partial charge in [0, 0.05) is 29.3 Å². The lowest BCUT2D eigenvalue weighted by atomic mass is 9.74. The fourth-order valence-corrected chi connectivity index (χ4v) is 5.18. The van der Waals surface area contributed by atoms with Crippen molar-refractivity contribution >= 4 is 34.1 Å². The lowest BCUT2D eigenvalue weighted by Crippen LogP contribution is -2.42. The Morgan fingerprint density at radius 3 is 2.64 bits per heavy atom. The number of alkyl halides is 1. The molecule has 2 heterocycles. The van der Waals surface area contributed by atoms with E-state index in [4.69, 9.17) is 27.9 Å². The first-order chi connectivity index (χ1) is 17.3. The fourth-order valence-electron chi connectivity index (χ4n) is 4.70. The summed E-state index contributed by atoms with van der Waals surface area (Å²) >= 11 is 12.4. The minimum atomic E-state index is -1.29. The minimum Gasteiger partial charge on any atom is -0.497 e. The standard InChI is InChI=1S/C28H28Cl2F2N2O2/c1-36-21-6-7-26-22(16-21)27(24(30)17-33-26)25(32)8-9-28(18-35)10-13-34(14-11-28)12-2-3-19-4-5-20(31)15-23(19)29/h4-7,15-17,25,35H,8-14,18H2,1H3/t25-/m0/s1. The van der Waals surface area contributed by atoms with E-state index in [9.17, 15) is 9.50 Å². The summed E-state index contributed by atoms with van der Waals surface area (Å²) in [5.74, 6) is 6.31. The fraction of sp³-hybridized carbons (Fsp3) is 0.393. The number of hydrogen-bond acceptors (Lipinski definition) is 4. The number of piperidine rings is 1. The highest BCUT2D eigenvalue weighted by atomic mass is 35.5. The molecule has 8 heteroatoms. The Bertz CT molecular complexity index is 1280. The van der Waals surface area contributed by atoms with E-state index in [2.05, 4.69) is 21.7 Å². The van der Waals surface area contributed by atoms with Crippen LogP contribution in [0.3, 0.4) is 0 Å². The monoisotopic (exact) mass is 532 g/mol. The van der Waals surface area contributed by atoms with Crippen molar-refractivity contribution in [3.05, 3.63) is 69.6 Å². The summed E-state index contributed by atoms with van der Waals surface area (Å²) in [4.78, 5) is 6.50. The van der Waals surface area contributed by atoms with Gasteiger partial charge in [-0.05, 0) is 80.6 Å². The second kappa shape index (κ2) is 11.7. The van der Waals surface area contributed by atoms with Gasteiger partial charge in [0.2, 0.25) is 0 Å². The van der Waals surface area contributed by atoms with Crippen LogP contribution in [0.5, 0.6) is 5.75 Å². The summed E-state index contributed by atoms with van der Waals surface area (Å²) in [5, 5.41) is 11.4. The van der Waals surface area contributed by atoms with Gasteiger partial charge >= 0.3 is 0 Å². The van der Waals surface area contributed by atoms with Crippen molar-refractivity contribution < 1.29 is 18.6 Å². The van der Waals surface area contributed by atoms with Crippen LogP contribution in [0.2, 0.25) is 10.0 Å². The number of hydrogen-bond donors (Lipinski definition) is 1. The number of benzene rings is 2. The van der Waals surface area contributed by atoms with Crippen LogP contribution in [-0.2, 0) is 0 Å². The smallest absolute Gasteiger partial charge is 0.127 e. The molecule has 0 aliphatic carbocycles. The van der Waals surface area contributed by atoms with Crippen molar-refractivity contribution in [2.75, 3.05) is 33.4 Å². The van der Waals surface area contributed by atoms with E-state index in [0.717, 1.165) is 25.9 Å². The molecule has 1 aliphatic rings. The molecule has 4 rings (SSSR count). The Morgan fingerprint density at radius 1 is 1.17 bits per heavy atom. The largest absolute Gasteiger partial charge is 0.497 e.